The fourth-order valence-electron chi connectivity index (χ4n) is 3.37. The second-order valence-corrected chi connectivity index (χ2v) is 7.05. The van der Waals surface area contributed by atoms with E-state index in [0.29, 0.717) is 0 Å². The Morgan fingerprint density at radius 3 is 2.50 bits per heavy atom. The van der Waals surface area contributed by atoms with Gasteiger partial charge in [0, 0.05) is 25.2 Å². The monoisotopic (exact) mass is 282 g/mol. The lowest BCUT2D eigenvalue weighted by molar-refractivity contribution is 0.120. The van der Waals surface area contributed by atoms with Crippen molar-refractivity contribution in [3.63, 3.8) is 0 Å². The van der Waals surface area contributed by atoms with Crippen LogP contribution in [0.2, 0.25) is 0 Å². The number of hydrogen-bond acceptors (Lipinski definition) is 2. The summed E-state index contributed by atoms with van der Waals surface area (Å²) in [4.78, 5) is 2.76. The van der Waals surface area contributed by atoms with Crippen LogP contribution < -0.4 is 5.32 Å². The summed E-state index contributed by atoms with van der Waals surface area (Å²) in [6.07, 6.45) is 11.0. The molecule has 0 aromatic carbocycles. The zero-order valence-corrected chi connectivity index (χ0v) is 14.5. The van der Waals surface area contributed by atoms with Crippen LogP contribution in [0.5, 0.6) is 0 Å². The van der Waals surface area contributed by atoms with Gasteiger partial charge in [0.2, 0.25) is 0 Å². The molecule has 1 heterocycles. The lowest BCUT2D eigenvalue weighted by atomic mass is 10.0. The molecule has 1 N–H and O–H groups in total. The molecule has 0 saturated carbocycles. The quantitative estimate of drug-likeness (QED) is 0.596. The van der Waals surface area contributed by atoms with Gasteiger partial charge in [0.1, 0.15) is 0 Å². The van der Waals surface area contributed by atoms with Crippen molar-refractivity contribution in [1.29, 1.82) is 0 Å². The second-order valence-electron chi connectivity index (χ2n) is 7.05. The van der Waals surface area contributed by atoms with Crippen LogP contribution in [0.15, 0.2) is 0 Å². The molecule has 0 aliphatic carbocycles. The number of piperazine rings is 1. The van der Waals surface area contributed by atoms with E-state index in [2.05, 4.69) is 37.9 Å². The Balaban J connectivity index is 2.17. The van der Waals surface area contributed by atoms with E-state index in [1.54, 1.807) is 0 Å². The van der Waals surface area contributed by atoms with Crippen molar-refractivity contribution in [2.45, 2.75) is 91.1 Å². The summed E-state index contributed by atoms with van der Waals surface area (Å²) >= 11 is 0. The summed E-state index contributed by atoms with van der Waals surface area (Å²) in [6.45, 7) is 13.1. The molecular weight excluding hydrogens is 244 g/mol. The fraction of sp³-hybridized carbons (Fsp3) is 1.00. The first-order chi connectivity index (χ1) is 9.67. The maximum absolute atomic E-state index is 3.73. The van der Waals surface area contributed by atoms with Gasteiger partial charge in [0.25, 0.3) is 0 Å². The minimum atomic E-state index is 0.740. The zero-order chi connectivity index (χ0) is 14.8. The van der Waals surface area contributed by atoms with Crippen molar-refractivity contribution in [3.05, 3.63) is 0 Å². The maximum atomic E-state index is 3.73. The highest BCUT2D eigenvalue weighted by Crippen LogP contribution is 2.15. The topological polar surface area (TPSA) is 15.3 Å². The van der Waals surface area contributed by atoms with Crippen molar-refractivity contribution in [1.82, 2.24) is 10.2 Å². The third kappa shape index (κ3) is 7.08. The predicted molar refractivity (Wildman–Crippen MR) is 90.3 cm³/mol. The average molecular weight is 283 g/mol. The molecule has 2 atom stereocenters. The zero-order valence-electron chi connectivity index (χ0n) is 14.5. The highest BCUT2D eigenvalue weighted by molar-refractivity contribution is 4.85. The van der Waals surface area contributed by atoms with Crippen molar-refractivity contribution in [3.8, 4) is 0 Å². The molecule has 120 valence electrons. The third-order valence-electron chi connectivity index (χ3n) is 4.70. The van der Waals surface area contributed by atoms with E-state index in [-0.39, 0.29) is 0 Å². The molecule has 2 heteroatoms. The molecule has 20 heavy (non-hydrogen) atoms. The minimum Gasteiger partial charge on any atom is -0.311 e. The summed E-state index contributed by atoms with van der Waals surface area (Å²) in [6, 6.07) is 1.52. The first kappa shape index (κ1) is 18.0. The van der Waals surface area contributed by atoms with Gasteiger partial charge in [-0.15, -0.1) is 0 Å². The van der Waals surface area contributed by atoms with Gasteiger partial charge >= 0.3 is 0 Å². The first-order valence-electron chi connectivity index (χ1n) is 9.14. The van der Waals surface area contributed by atoms with Crippen LogP contribution >= 0.6 is 0 Å². The largest absolute Gasteiger partial charge is 0.311 e. The SMILES string of the molecule is CCCC1CN(CCCCCCC(C)C)C(CC)CN1. The molecule has 1 saturated heterocycles. The molecule has 1 rings (SSSR count). The summed E-state index contributed by atoms with van der Waals surface area (Å²) < 4.78 is 0. The van der Waals surface area contributed by atoms with Crippen LogP contribution in [0, 0.1) is 5.92 Å². The van der Waals surface area contributed by atoms with Crippen molar-refractivity contribution in [2.24, 2.45) is 5.92 Å². The number of nitrogens with zero attached hydrogens (tertiary/aromatic N) is 1. The van der Waals surface area contributed by atoms with Crippen LogP contribution in [-0.2, 0) is 0 Å². The maximum Gasteiger partial charge on any atom is 0.0218 e. The number of rotatable bonds is 10. The Morgan fingerprint density at radius 2 is 1.85 bits per heavy atom. The van der Waals surface area contributed by atoms with Gasteiger partial charge in [-0.2, -0.15) is 0 Å². The van der Waals surface area contributed by atoms with Crippen molar-refractivity contribution < 1.29 is 0 Å². The van der Waals surface area contributed by atoms with Gasteiger partial charge in [-0.1, -0.05) is 59.8 Å². The van der Waals surface area contributed by atoms with E-state index in [0.717, 1.165) is 18.0 Å². The average Bonchev–Trinajstić information content (AvgIpc) is 2.43. The molecule has 2 unspecified atom stereocenters. The van der Waals surface area contributed by atoms with Gasteiger partial charge in [-0.25, -0.2) is 0 Å². The van der Waals surface area contributed by atoms with Crippen LogP contribution in [0.1, 0.15) is 79.1 Å². The van der Waals surface area contributed by atoms with E-state index in [1.165, 1.54) is 71.0 Å². The summed E-state index contributed by atoms with van der Waals surface area (Å²) in [5.41, 5.74) is 0. The lowest BCUT2D eigenvalue weighted by Gasteiger charge is -2.40. The van der Waals surface area contributed by atoms with Crippen LogP contribution in [0.3, 0.4) is 0 Å². The number of hydrogen-bond donors (Lipinski definition) is 1. The number of nitrogens with one attached hydrogen (secondary N) is 1. The van der Waals surface area contributed by atoms with Gasteiger partial charge < -0.3 is 5.32 Å². The Hall–Kier alpha value is -0.0800. The molecule has 1 aliphatic heterocycles. The Bertz CT molecular complexity index is 227. The normalized spacial score (nSPS) is 24.4. The van der Waals surface area contributed by atoms with E-state index in [1.807, 2.05) is 0 Å². The number of unbranched alkanes of at least 4 members (excludes halogenated alkanes) is 3. The molecule has 1 fully saturated rings. The Kier molecular flexibility index (Phi) is 9.54. The molecule has 0 bridgehead atoms. The molecule has 0 aromatic heterocycles. The molecular formula is C18H38N2. The molecule has 2 nitrogen and oxygen atoms in total. The summed E-state index contributed by atoms with van der Waals surface area (Å²) in [5.74, 6) is 0.877. The van der Waals surface area contributed by atoms with Gasteiger partial charge in [-0.3, -0.25) is 4.90 Å². The molecule has 0 spiro atoms. The van der Waals surface area contributed by atoms with Gasteiger partial charge in [0.05, 0.1) is 0 Å². The lowest BCUT2D eigenvalue weighted by Crippen LogP contribution is -2.56. The van der Waals surface area contributed by atoms with Crippen LogP contribution in [0.4, 0.5) is 0 Å². The Labute approximate surface area is 127 Å². The van der Waals surface area contributed by atoms with Crippen molar-refractivity contribution >= 4 is 0 Å². The van der Waals surface area contributed by atoms with Gasteiger partial charge in [-0.05, 0) is 31.7 Å². The molecule has 0 aromatic rings. The fourth-order valence-corrected chi connectivity index (χ4v) is 3.37. The van der Waals surface area contributed by atoms with E-state index >= 15 is 0 Å². The molecule has 0 amide bonds. The third-order valence-corrected chi connectivity index (χ3v) is 4.70. The minimum absolute atomic E-state index is 0.740. The molecule has 0 radical (unpaired) electrons. The second kappa shape index (κ2) is 10.6. The summed E-state index contributed by atoms with van der Waals surface area (Å²) in [5, 5.41) is 3.73. The standard InChI is InChI=1S/C18H38N2/c1-5-11-17-15-20(18(6-2)14-19-17)13-10-8-7-9-12-16(3)4/h16-19H,5-15H2,1-4H3. The van der Waals surface area contributed by atoms with Crippen LogP contribution in [0.25, 0.3) is 0 Å². The van der Waals surface area contributed by atoms with Crippen molar-refractivity contribution in [2.75, 3.05) is 19.6 Å². The smallest absolute Gasteiger partial charge is 0.0218 e. The first-order valence-corrected chi connectivity index (χ1v) is 9.14. The highest BCUT2D eigenvalue weighted by atomic mass is 15.2. The van der Waals surface area contributed by atoms with E-state index < -0.39 is 0 Å². The van der Waals surface area contributed by atoms with Gasteiger partial charge in [0.15, 0.2) is 0 Å². The molecule has 1 aliphatic rings. The predicted octanol–water partition coefficient (Wildman–Crippen LogP) is 4.45. The highest BCUT2D eigenvalue weighted by Gasteiger charge is 2.25. The summed E-state index contributed by atoms with van der Waals surface area (Å²) in [7, 11) is 0. The Morgan fingerprint density at radius 1 is 1.10 bits per heavy atom. The van der Waals surface area contributed by atoms with E-state index in [9.17, 15) is 0 Å². The van der Waals surface area contributed by atoms with E-state index in [4.69, 9.17) is 0 Å². The van der Waals surface area contributed by atoms with Crippen LogP contribution in [-0.4, -0.2) is 36.6 Å².